The van der Waals surface area contributed by atoms with Crippen molar-refractivity contribution in [2.45, 2.75) is 6.54 Å². The summed E-state index contributed by atoms with van der Waals surface area (Å²) in [6.45, 7) is 0.558. The molecule has 0 spiro atoms. The zero-order valence-corrected chi connectivity index (χ0v) is 10.7. The lowest BCUT2D eigenvalue weighted by molar-refractivity contribution is 0.629. The third-order valence-electron chi connectivity index (χ3n) is 2.85. The average Bonchev–Trinajstić information content (AvgIpc) is 2.79. The van der Waals surface area contributed by atoms with Crippen molar-refractivity contribution in [2.24, 2.45) is 0 Å². The molecule has 3 nitrogen and oxygen atoms in total. The highest BCUT2D eigenvalue weighted by Crippen LogP contribution is 2.18. The lowest BCUT2D eigenvalue weighted by Gasteiger charge is -2.04. The Hall–Kier alpha value is -2.07. The van der Waals surface area contributed by atoms with E-state index in [4.69, 9.17) is 11.6 Å². The van der Waals surface area contributed by atoms with Gasteiger partial charge >= 0.3 is 0 Å². The number of anilines is 1. The molecule has 2 N–H and O–H groups in total. The first-order valence-electron chi connectivity index (χ1n) is 5.85. The van der Waals surface area contributed by atoms with Gasteiger partial charge in [0.05, 0.1) is 11.0 Å². The fourth-order valence-electron chi connectivity index (χ4n) is 1.89. The van der Waals surface area contributed by atoms with Gasteiger partial charge in [-0.15, -0.1) is 0 Å². The number of hydrogen-bond acceptors (Lipinski definition) is 2. The normalized spacial score (nSPS) is 10.8. The predicted molar refractivity (Wildman–Crippen MR) is 74.8 cm³/mol. The number of aromatic amines is 1. The van der Waals surface area contributed by atoms with Crippen LogP contribution in [0.4, 0.5) is 10.3 Å². The fourth-order valence-corrected chi connectivity index (χ4v) is 2.09. The summed E-state index contributed by atoms with van der Waals surface area (Å²) >= 11 is 6.07. The van der Waals surface area contributed by atoms with Crippen molar-refractivity contribution in [3.05, 3.63) is 58.9 Å². The van der Waals surface area contributed by atoms with Gasteiger partial charge < -0.3 is 10.3 Å². The van der Waals surface area contributed by atoms with E-state index in [-0.39, 0.29) is 5.82 Å². The Balaban J connectivity index is 1.80. The molecule has 0 fully saturated rings. The molecule has 0 amide bonds. The molecular formula is C14H11ClFN3. The molecule has 5 heteroatoms. The van der Waals surface area contributed by atoms with E-state index in [9.17, 15) is 4.39 Å². The molecule has 19 heavy (non-hydrogen) atoms. The molecule has 0 radical (unpaired) electrons. The zero-order chi connectivity index (χ0) is 13.2. The number of nitrogens with one attached hydrogen (secondary N) is 2. The van der Waals surface area contributed by atoms with Crippen LogP contribution in [0.5, 0.6) is 0 Å². The molecule has 2 aromatic carbocycles. The minimum Gasteiger partial charge on any atom is -0.352 e. The molecule has 3 rings (SSSR count). The molecule has 0 bridgehead atoms. The Labute approximate surface area is 114 Å². The molecule has 1 aromatic heterocycles. The number of imidazole rings is 1. The molecule has 0 aliphatic rings. The van der Waals surface area contributed by atoms with Crippen molar-refractivity contribution in [1.82, 2.24) is 9.97 Å². The molecule has 0 saturated heterocycles. The van der Waals surface area contributed by atoms with E-state index in [1.165, 1.54) is 12.1 Å². The van der Waals surface area contributed by atoms with Gasteiger partial charge in [0.1, 0.15) is 5.82 Å². The molecule has 0 aliphatic carbocycles. The first-order valence-corrected chi connectivity index (χ1v) is 6.23. The maximum atomic E-state index is 13.1. The largest absolute Gasteiger partial charge is 0.352 e. The number of nitrogens with zero attached hydrogens (tertiary/aromatic N) is 1. The van der Waals surface area contributed by atoms with E-state index in [0.29, 0.717) is 23.0 Å². The Kier molecular flexibility index (Phi) is 3.09. The number of benzene rings is 2. The molecule has 0 unspecified atom stereocenters. The summed E-state index contributed by atoms with van der Waals surface area (Å²) in [5.41, 5.74) is 2.38. The summed E-state index contributed by atoms with van der Waals surface area (Å²) in [5.74, 6) is 0.314. The van der Waals surface area contributed by atoms with Gasteiger partial charge in [0.15, 0.2) is 0 Å². The van der Waals surface area contributed by atoms with Crippen molar-refractivity contribution < 1.29 is 4.39 Å². The van der Waals surface area contributed by atoms with Gasteiger partial charge in [-0.3, -0.25) is 0 Å². The number of halogens is 2. The number of hydrogen-bond donors (Lipinski definition) is 2. The van der Waals surface area contributed by atoms with E-state index in [2.05, 4.69) is 15.3 Å². The van der Waals surface area contributed by atoms with Gasteiger partial charge in [-0.2, -0.15) is 0 Å². The molecule has 0 aliphatic heterocycles. The molecule has 1 heterocycles. The summed E-state index contributed by atoms with van der Waals surface area (Å²) in [7, 11) is 0. The lowest BCUT2D eigenvalue weighted by Crippen LogP contribution is -2.01. The Morgan fingerprint density at radius 3 is 2.89 bits per heavy atom. The average molecular weight is 276 g/mol. The van der Waals surface area contributed by atoms with Gasteiger partial charge in [0, 0.05) is 11.6 Å². The van der Waals surface area contributed by atoms with Crippen LogP contribution in [0, 0.1) is 5.82 Å². The third kappa shape index (κ3) is 2.53. The number of rotatable bonds is 3. The maximum absolute atomic E-state index is 13.1. The van der Waals surface area contributed by atoms with E-state index in [1.807, 2.05) is 24.3 Å². The van der Waals surface area contributed by atoms with Crippen LogP contribution in [0.3, 0.4) is 0 Å². The number of aromatic nitrogens is 2. The predicted octanol–water partition coefficient (Wildman–Crippen LogP) is 3.97. The molecule has 0 atom stereocenters. The smallest absolute Gasteiger partial charge is 0.201 e. The minimum atomic E-state index is -0.284. The van der Waals surface area contributed by atoms with Crippen molar-refractivity contribution in [2.75, 3.05) is 5.32 Å². The monoisotopic (exact) mass is 275 g/mol. The highest BCUT2D eigenvalue weighted by molar-refractivity contribution is 6.31. The van der Waals surface area contributed by atoms with Crippen LogP contribution < -0.4 is 5.32 Å². The second-order valence-corrected chi connectivity index (χ2v) is 4.60. The van der Waals surface area contributed by atoms with E-state index in [1.54, 1.807) is 6.07 Å². The zero-order valence-electron chi connectivity index (χ0n) is 9.95. The summed E-state index contributed by atoms with van der Waals surface area (Å²) < 4.78 is 13.1. The first kappa shape index (κ1) is 12.0. The Morgan fingerprint density at radius 2 is 2.05 bits per heavy atom. The fraction of sp³-hybridized carbons (Fsp3) is 0.0714. The van der Waals surface area contributed by atoms with Crippen molar-refractivity contribution >= 4 is 28.6 Å². The van der Waals surface area contributed by atoms with Crippen molar-refractivity contribution in [3.63, 3.8) is 0 Å². The van der Waals surface area contributed by atoms with Gasteiger partial charge in [0.25, 0.3) is 0 Å². The van der Waals surface area contributed by atoms with Gasteiger partial charge in [0.2, 0.25) is 5.95 Å². The standard InChI is InChI=1S/C14H11ClFN3/c15-11-4-2-1-3-9(11)8-17-14-18-12-6-5-10(16)7-13(12)19-14/h1-7H,8H2,(H2,17,18,19). The van der Waals surface area contributed by atoms with Crippen LogP contribution in [0.2, 0.25) is 5.02 Å². The SMILES string of the molecule is Fc1ccc2nc(NCc3ccccc3Cl)[nH]c2c1. The number of fused-ring (bicyclic) bond motifs is 1. The lowest BCUT2D eigenvalue weighted by atomic mass is 10.2. The minimum absolute atomic E-state index is 0.284. The van der Waals surface area contributed by atoms with Crippen LogP contribution in [-0.4, -0.2) is 9.97 Å². The second kappa shape index (κ2) is 4.90. The van der Waals surface area contributed by atoms with Crippen molar-refractivity contribution in [3.8, 4) is 0 Å². The van der Waals surface area contributed by atoms with Gasteiger partial charge in [-0.05, 0) is 29.8 Å². The highest BCUT2D eigenvalue weighted by atomic mass is 35.5. The molecule has 3 aromatic rings. The first-order chi connectivity index (χ1) is 9.22. The van der Waals surface area contributed by atoms with Crippen LogP contribution in [0.15, 0.2) is 42.5 Å². The summed E-state index contributed by atoms with van der Waals surface area (Å²) in [6, 6.07) is 12.0. The summed E-state index contributed by atoms with van der Waals surface area (Å²) in [4.78, 5) is 7.34. The third-order valence-corrected chi connectivity index (χ3v) is 3.22. The second-order valence-electron chi connectivity index (χ2n) is 4.19. The summed E-state index contributed by atoms with van der Waals surface area (Å²) in [5, 5.41) is 3.84. The quantitative estimate of drug-likeness (QED) is 0.759. The van der Waals surface area contributed by atoms with Crippen LogP contribution in [0.1, 0.15) is 5.56 Å². The van der Waals surface area contributed by atoms with Crippen LogP contribution in [0.25, 0.3) is 11.0 Å². The maximum Gasteiger partial charge on any atom is 0.201 e. The van der Waals surface area contributed by atoms with E-state index in [0.717, 1.165) is 11.1 Å². The highest BCUT2D eigenvalue weighted by Gasteiger charge is 2.04. The van der Waals surface area contributed by atoms with E-state index < -0.39 is 0 Å². The van der Waals surface area contributed by atoms with Crippen LogP contribution >= 0.6 is 11.6 Å². The van der Waals surface area contributed by atoms with Gasteiger partial charge in [-0.25, -0.2) is 9.37 Å². The van der Waals surface area contributed by atoms with Crippen molar-refractivity contribution in [1.29, 1.82) is 0 Å². The molecular weight excluding hydrogens is 265 g/mol. The molecule has 0 saturated carbocycles. The van der Waals surface area contributed by atoms with E-state index >= 15 is 0 Å². The van der Waals surface area contributed by atoms with Gasteiger partial charge in [-0.1, -0.05) is 29.8 Å². The Morgan fingerprint density at radius 1 is 1.21 bits per heavy atom. The Bertz CT molecular complexity index is 724. The molecule has 96 valence electrons. The topological polar surface area (TPSA) is 40.7 Å². The van der Waals surface area contributed by atoms with Crippen LogP contribution in [-0.2, 0) is 6.54 Å². The number of H-pyrrole nitrogens is 1. The summed E-state index contributed by atoms with van der Waals surface area (Å²) in [6.07, 6.45) is 0.